The highest BCUT2D eigenvalue weighted by atomic mass is 15.2. The van der Waals surface area contributed by atoms with E-state index in [0.717, 1.165) is 34.1 Å². The molecule has 0 aromatic heterocycles. The van der Waals surface area contributed by atoms with Crippen molar-refractivity contribution in [3.05, 3.63) is 311 Å². The van der Waals surface area contributed by atoms with E-state index in [1.807, 2.05) is 0 Å². The summed E-state index contributed by atoms with van der Waals surface area (Å²) < 4.78 is 0. The Labute approximate surface area is 451 Å². The average Bonchev–Trinajstić information content (AvgIpc) is 3.47. The highest BCUT2D eigenvalue weighted by molar-refractivity contribution is 5.85. The second-order valence-electron chi connectivity index (χ2n) is 22.7. The first-order valence-corrected chi connectivity index (χ1v) is 26.9. The average molecular weight is 985 g/mol. The molecule has 374 valence electrons. The lowest BCUT2D eigenvalue weighted by atomic mass is 9.77. The maximum absolute atomic E-state index is 2.39. The fourth-order valence-electron chi connectivity index (χ4n) is 11.3. The quantitative estimate of drug-likeness (QED) is 0.107. The van der Waals surface area contributed by atoms with Gasteiger partial charge in [-0.3, -0.25) is 0 Å². The van der Waals surface area contributed by atoms with Crippen LogP contribution in [0.5, 0.6) is 0 Å². The zero-order chi connectivity index (χ0) is 52.7. The van der Waals surface area contributed by atoms with E-state index in [4.69, 9.17) is 0 Å². The van der Waals surface area contributed by atoms with Crippen LogP contribution in [0.25, 0.3) is 21.5 Å². The second kappa shape index (κ2) is 20.0. The number of fused-ring (bicyclic) bond motifs is 2. The molecule has 2 nitrogen and oxygen atoms in total. The molecule has 0 unspecified atom stereocenters. The lowest BCUT2D eigenvalue weighted by Gasteiger charge is -2.31. The Morgan fingerprint density at radius 2 is 0.382 bits per heavy atom. The molecule has 0 radical (unpaired) electrons. The highest BCUT2D eigenvalue weighted by Gasteiger charge is 2.28. The summed E-state index contributed by atoms with van der Waals surface area (Å²) in [6.45, 7) is 18.6. The molecule has 11 aromatic carbocycles. The molecule has 0 bridgehead atoms. The van der Waals surface area contributed by atoms with Crippen molar-refractivity contribution in [3.8, 4) is 0 Å². The van der Waals surface area contributed by atoms with Gasteiger partial charge in [-0.05, 0) is 139 Å². The number of benzene rings is 11. The van der Waals surface area contributed by atoms with Crippen LogP contribution in [0.1, 0.15) is 99.9 Å². The Morgan fingerprint density at radius 1 is 0.184 bits per heavy atom. The normalized spacial score (nSPS) is 12.2. The van der Waals surface area contributed by atoms with Crippen LogP contribution in [-0.2, 0) is 21.7 Å². The van der Waals surface area contributed by atoms with Gasteiger partial charge in [0.05, 0.1) is 0 Å². The van der Waals surface area contributed by atoms with Crippen LogP contribution in [0.4, 0.5) is 34.1 Å². The van der Waals surface area contributed by atoms with Crippen molar-refractivity contribution in [2.45, 2.75) is 77.0 Å². The lowest BCUT2D eigenvalue weighted by Crippen LogP contribution is -2.20. The van der Waals surface area contributed by atoms with E-state index in [1.54, 1.807) is 0 Å². The third-order valence-corrected chi connectivity index (χ3v) is 16.7. The van der Waals surface area contributed by atoms with Crippen molar-refractivity contribution in [3.63, 3.8) is 0 Å². The van der Waals surface area contributed by atoms with Crippen LogP contribution >= 0.6 is 0 Å². The van der Waals surface area contributed by atoms with Gasteiger partial charge in [0.2, 0.25) is 0 Å². The fourth-order valence-corrected chi connectivity index (χ4v) is 11.3. The molecule has 0 saturated heterocycles. The summed E-state index contributed by atoms with van der Waals surface area (Å²) in [5.74, 6) is 0. The van der Waals surface area contributed by atoms with Crippen LogP contribution < -0.4 is 9.80 Å². The zero-order valence-electron chi connectivity index (χ0n) is 45.3. The molecule has 0 amide bonds. The van der Waals surface area contributed by atoms with Crippen LogP contribution in [0.15, 0.2) is 267 Å². The standard InChI is InChI=1S/C74H68N2/c1-71(2,57-23-11-9-12-24-57)59-31-39-65(40-32-59)75(67-43-35-61(36-44-67)73(5,6)63-29-27-53-19-15-17-21-55(53)51-63)69-47-49-70(50-48-69)76(66-41-33-60(34-42-66)72(3,4)58-25-13-10-14-26-58)68-45-37-62(38-46-68)74(7,8)64-30-28-54-20-16-18-22-56(54)52-64/h9-52H,1-8H3. The minimum absolute atomic E-state index is 0.161. The molecule has 11 aromatic rings. The highest BCUT2D eigenvalue weighted by Crippen LogP contribution is 2.44. The van der Waals surface area contributed by atoms with Crippen LogP contribution in [0.2, 0.25) is 0 Å². The van der Waals surface area contributed by atoms with Gasteiger partial charge in [0.15, 0.2) is 0 Å². The van der Waals surface area contributed by atoms with E-state index >= 15 is 0 Å². The summed E-state index contributed by atoms with van der Waals surface area (Å²) in [6.07, 6.45) is 0. The molecule has 76 heavy (non-hydrogen) atoms. The first kappa shape index (κ1) is 49.7. The SMILES string of the molecule is CC(C)(c1ccccc1)c1ccc(N(c2ccc(N(c3ccc(C(C)(C)c4ccccc4)cc3)c3ccc(C(C)(C)c4ccc5ccccc5c4)cc3)cc2)c2ccc(C(C)(C)c3ccc4ccccc4c3)cc2)cc1. The molecule has 0 aliphatic rings. The first-order chi connectivity index (χ1) is 36.7. The summed E-state index contributed by atoms with van der Waals surface area (Å²) in [5, 5.41) is 5.05. The Morgan fingerprint density at radius 3 is 0.658 bits per heavy atom. The maximum Gasteiger partial charge on any atom is 0.0463 e. The van der Waals surface area contributed by atoms with Crippen molar-refractivity contribution < 1.29 is 0 Å². The Balaban J connectivity index is 0.975. The zero-order valence-corrected chi connectivity index (χ0v) is 45.3. The number of hydrogen-bond acceptors (Lipinski definition) is 2. The number of nitrogens with zero attached hydrogens (tertiary/aromatic N) is 2. The van der Waals surface area contributed by atoms with Gasteiger partial charge in [0.25, 0.3) is 0 Å². The predicted octanol–water partition coefficient (Wildman–Crippen LogP) is 20.2. The maximum atomic E-state index is 2.39. The lowest BCUT2D eigenvalue weighted by molar-refractivity contribution is 0.641. The second-order valence-corrected chi connectivity index (χ2v) is 22.7. The minimum Gasteiger partial charge on any atom is -0.311 e. The molecular formula is C74H68N2. The topological polar surface area (TPSA) is 6.48 Å². The van der Waals surface area contributed by atoms with Crippen molar-refractivity contribution in [2.75, 3.05) is 9.80 Å². The van der Waals surface area contributed by atoms with Crippen molar-refractivity contribution >= 4 is 55.7 Å². The molecule has 11 rings (SSSR count). The number of anilines is 6. The Hall–Kier alpha value is -8.46. The van der Waals surface area contributed by atoms with Gasteiger partial charge in [-0.1, -0.05) is 250 Å². The van der Waals surface area contributed by atoms with Crippen LogP contribution in [0.3, 0.4) is 0 Å². The summed E-state index contributed by atoms with van der Waals surface area (Å²) >= 11 is 0. The third-order valence-electron chi connectivity index (χ3n) is 16.7. The van der Waals surface area contributed by atoms with Crippen molar-refractivity contribution in [1.29, 1.82) is 0 Å². The molecule has 0 spiro atoms. The molecular weight excluding hydrogens is 917 g/mol. The fraction of sp³-hybridized carbons (Fsp3) is 0.162. The van der Waals surface area contributed by atoms with Gasteiger partial charge < -0.3 is 9.80 Å². The summed E-state index contributed by atoms with van der Waals surface area (Å²) in [4.78, 5) is 4.79. The molecule has 0 fully saturated rings. The summed E-state index contributed by atoms with van der Waals surface area (Å²) in [7, 11) is 0. The summed E-state index contributed by atoms with van der Waals surface area (Å²) in [6, 6.07) is 98.5. The van der Waals surface area contributed by atoms with E-state index in [-0.39, 0.29) is 21.7 Å². The third kappa shape index (κ3) is 9.50. The molecule has 2 heteroatoms. The van der Waals surface area contributed by atoms with Crippen LogP contribution in [-0.4, -0.2) is 0 Å². The van der Waals surface area contributed by atoms with E-state index < -0.39 is 0 Å². The smallest absolute Gasteiger partial charge is 0.0463 e. The number of hydrogen-bond donors (Lipinski definition) is 0. The monoisotopic (exact) mass is 985 g/mol. The molecule has 0 saturated carbocycles. The number of rotatable bonds is 14. The molecule has 0 aliphatic carbocycles. The first-order valence-electron chi connectivity index (χ1n) is 26.9. The van der Waals surface area contributed by atoms with Gasteiger partial charge in [0, 0.05) is 55.8 Å². The van der Waals surface area contributed by atoms with E-state index in [9.17, 15) is 0 Å². The van der Waals surface area contributed by atoms with Crippen LogP contribution in [0, 0.1) is 0 Å². The van der Waals surface area contributed by atoms with E-state index in [0.29, 0.717) is 0 Å². The minimum atomic E-state index is -0.205. The van der Waals surface area contributed by atoms with Gasteiger partial charge in [-0.2, -0.15) is 0 Å². The van der Waals surface area contributed by atoms with Crippen molar-refractivity contribution in [2.24, 2.45) is 0 Å². The Kier molecular flexibility index (Phi) is 13.1. The predicted molar refractivity (Wildman–Crippen MR) is 325 cm³/mol. The molecule has 0 N–H and O–H groups in total. The molecule has 0 heterocycles. The molecule has 0 aliphatic heterocycles. The van der Waals surface area contributed by atoms with Gasteiger partial charge >= 0.3 is 0 Å². The van der Waals surface area contributed by atoms with E-state index in [2.05, 4.69) is 332 Å². The van der Waals surface area contributed by atoms with Gasteiger partial charge in [-0.25, -0.2) is 0 Å². The van der Waals surface area contributed by atoms with Crippen molar-refractivity contribution in [1.82, 2.24) is 0 Å². The van der Waals surface area contributed by atoms with Gasteiger partial charge in [-0.15, -0.1) is 0 Å². The summed E-state index contributed by atoms with van der Waals surface area (Å²) in [5.41, 5.74) is 16.1. The van der Waals surface area contributed by atoms with Gasteiger partial charge in [0.1, 0.15) is 0 Å². The Bertz CT molecular complexity index is 3500. The van der Waals surface area contributed by atoms with E-state index in [1.165, 1.54) is 66.1 Å². The largest absolute Gasteiger partial charge is 0.311 e. The molecule has 0 atom stereocenters.